The Hall–Kier alpha value is -2.96. The molecule has 0 aliphatic heterocycles. The third-order valence-electron chi connectivity index (χ3n) is 4.44. The molecule has 0 aliphatic rings. The van der Waals surface area contributed by atoms with E-state index in [0.717, 1.165) is 12.3 Å². The quantitative estimate of drug-likeness (QED) is 0.271. The highest BCUT2D eigenvalue weighted by molar-refractivity contribution is 7.99. The van der Waals surface area contributed by atoms with Crippen LogP contribution < -0.4 is 5.32 Å². The number of anilines is 1. The zero-order chi connectivity index (χ0) is 22.9. The number of rotatable bonds is 7. The second-order valence-corrected chi connectivity index (χ2v) is 7.69. The Kier molecular flexibility index (Phi) is 6.34. The molecule has 0 amide bonds. The number of carboxylic acids is 1. The molecule has 0 bridgehead atoms. The number of aliphatic carboxylic acids is 1. The van der Waals surface area contributed by atoms with Gasteiger partial charge in [-0.15, -0.1) is 0 Å². The van der Waals surface area contributed by atoms with Crippen LogP contribution in [0.25, 0.3) is 22.4 Å². The number of fused-ring (bicyclic) bond motifs is 1. The zero-order valence-corrected chi connectivity index (χ0v) is 16.9. The van der Waals surface area contributed by atoms with E-state index in [1.54, 1.807) is 0 Å². The highest BCUT2D eigenvalue weighted by Gasteiger charge is 2.30. The zero-order valence-electron chi connectivity index (χ0n) is 16.1. The summed E-state index contributed by atoms with van der Waals surface area (Å²) in [5.41, 5.74) is 0.467. The van der Waals surface area contributed by atoms with Crippen LogP contribution in [0, 0.1) is 17.6 Å². The topological polar surface area (TPSA) is 104 Å². The number of carbonyl (C=O) groups is 1. The molecule has 0 aromatic carbocycles. The molecule has 2 atom stereocenters. The molecule has 31 heavy (non-hydrogen) atoms. The molecule has 3 aromatic rings. The lowest BCUT2D eigenvalue weighted by molar-refractivity contribution is -0.141. The Labute approximate surface area is 176 Å². The van der Waals surface area contributed by atoms with E-state index in [0.29, 0.717) is 0 Å². The van der Waals surface area contributed by atoms with Crippen LogP contribution in [0.15, 0.2) is 23.5 Å². The second kappa shape index (κ2) is 8.65. The van der Waals surface area contributed by atoms with Crippen LogP contribution in [0.2, 0.25) is 0 Å². The molecule has 3 rings (SSSR count). The summed E-state index contributed by atoms with van der Waals surface area (Å²) in [6.45, 7) is 2.85. The molecular formula is C18H16F5N5O2S. The van der Waals surface area contributed by atoms with Crippen molar-refractivity contribution in [1.29, 1.82) is 0 Å². The molecule has 0 radical (unpaired) electrons. The van der Waals surface area contributed by atoms with Crippen LogP contribution in [0.3, 0.4) is 0 Å². The SMILES string of the molecule is C[C@H](Nc1nc(-c2c[nH]c3ncc(F)cc23)nc(SCC(F)(F)F)c1F)[C@H](C)C(=O)O. The maximum Gasteiger partial charge on any atom is 0.398 e. The molecule has 0 saturated heterocycles. The van der Waals surface area contributed by atoms with Crippen LogP contribution in [-0.4, -0.2) is 49.0 Å². The maximum absolute atomic E-state index is 14.9. The lowest BCUT2D eigenvalue weighted by atomic mass is 10.0. The Morgan fingerprint density at radius 3 is 2.65 bits per heavy atom. The van der Waals surface area contributed by atoms with Crippen LogP contribution in [0.4, 0.5) is 27.8 Å². The van der Waals surface area contributed by atoms with Gasteiger partial charge in [0.25, 0.3) is 0 Å². The van der Waals surface area contributed by atoms with E-state index in [2.05, 4.69) is 25.3 Å². The molecule has 3 aromatic heterocycles. The minimum Gasteiger partial charge on any atom is -0.481 e. The number of aromatic amines is 1. The van der Waals surface area contributed by atoms with Gasteiger partial charge in [0.1, 0.15) is 16.5 Å². The Morgan fingerprint density at radius 1 is 1.29 bits per heavy atom. The van der Waals surface area contributed by atoms with Crippen molar-refractivity contribution in [3.8, 4) is 11.4 Å². The summed E-state index contributed by atoms with van der Waals surface area (Å²) >= 11 is 0.123. The third-order valence-corrected chi connectivity index (χ3v) is 5.45. The van der Waals surface area contributed by atoms with E-state index in [9.17, 15) is 26.7 Å². The molecule has 3 heterocycles. The lowest BCUT2D eigenvalue weighted by Crippen LogP contribution is -2.30. The first-order valence-electron chi connectivity index (χ1n) is 8.85. The van der Waals surface area contributed by atoms with Crippen molar-refractivity contribution in [2.24, 2.45) is 5.92 Å². The molecule has 0 saturated carbocycles. The van der Waals surface area contributed by atoms with E-state index in [4.69, 9.17) is 5.11 Å². The summed E-state index contributed by atoms with van der Waals surface area (Å²) in [6, 6.07) is 0.323. The number of hydrogen-bond donors (Lipinski definition) is 3. The molecule has 0 unspecified atom stereocenters. The summed E-state index contributed by atoms with van der Waals surface area (Å²) in [7, 11) is 0. The average Bonchev–Trinajstić information content (AvgIpc) is 3.10. The standard InChI is InChI=1S/C18H16F5N5O2S/c1-7(17(29)30)8(2)26-15-12(20)16(31-6-18(21,22)23)28-14(27-15)11-5-25-13-10(11)3-9(19)4-24-13/h3-5,7-8H,6H2,1-2H3,(H,24,25)(H,29,30)(H,26,27,28)/t7-,8-/m0/s1. The van der Waals surface area contributed by atoms with E-state index in [1.807, 2.05) is 0 Å². The first kappa shape index (κ1) is 22.7. The number of nitrogens with zero attached hydrogens (tertiary/aromatic N) is 3. The van der Waals surface area contributed by atoms with Crippen LogP contribution in [-0.2, 0) is 4.79 Å². The minimum absolute atomic E-state index is 0.123. The predicted octanol–water partition coefficient (Wildman–Crippen LogP) is 4.47. The largest absolute Gasteiger partial charge is 0.481 e. The van der Waals surface area contributed by atoms with Gasteiger partial charge in [0.2, 0.25) is 0 Å². The number of H-pyrrole nitrogens is 1. The number of hydrogen-bond acceptors (Lipinski definition) is 6. The van der Waals surface area contributed by atoms with Gasteiger partial charge in [-0.05, 0) is 19.9 Å². The first-order valence-corrected chi connectivity index (χ1v) is 9.84. The Morgan fingerprint density at radius 2 is 2.00 bits per heavy atom. The molecule has 0 fully saturated rings. The predicted molar refractivity (Wildman–Crippen MR) is 104 cm³/mol. The third kappa shape index (κ3) is 5.21. The molecule has 13 heteroatoms. The van der Waals surface area contributed by atoms with Crippen LogP contribution in [0.1, 0.15) is 13.8 Å². The van der Waals surface area contributed by atoms with Gasteiger partial charge in [-0.3, -0.25) is 4.79 Å². The fourth-order valence-electron chi connectivity index (χ4n) is 2.61. The molecular weight excluding hydrogens is 445 g/mol. The summed E-state index contributed by atoms with van der Waals surface area (Å²) < 4.78 is 66.6. The van der Waals surface area contributed by atoms with Crippen molar-refractivity contribution in [3.05, 3.63) is 30.1 Å². The smallest absolute Gasteiger partial charge is 0.398 e. The molecule has 0 aliphatic carbocycles. The van der Waals surface area contributed by atoms with Crippen molar-refractivity contribution in [1.82, 2.24) is 19.9 Å². The van der Waals surface area contributed by atoms with Gasteiger partial charge in [0.05, 0.1) is 17.9 Å². The van der Waals surface area contributed by atoms with E-state index >= 15 is 0 Å². The summed E-state index contributed by atoms with van der Waals surface area (Å²) in [5, 5.41) is 11.4. The highest BCUT2D eigenvalue weighted by atomic mass is 32.2. The molecule has 3 N–H and O–H groups in total. The number of thioether (sulfide) groups is 1. The number of nitrogens with one attached hydrogen (secondary N) is 2. The lowest BCUT2D eigenvalue weighted by Gasteiger charge is -2.20. The molecule has 7 nitrogen and oxygen atoms in total. The fraction of sp³-hybridized carbons (Fsp3) is 0.333. The number of aromatic nitrogens is 4. The van der Waals surface area contributed by atoms with Crippen molar-refractivity contribution >= 4 is 34.6 Å². The van der Waals surface area contributed by atoms with Crippen molar-refractivity contribution in [2.45, 2.75) is 31.1 Å². The van der Waals surface area contributed by atoms with Gasteiger partial charge in [0, 0.05) is 23.2 Å². The number of pyridine rings is 1. The van der Waals surface area contributed by atoms with Crippen LogP contribution in [0.5, 0.6) is 0 Å². The van der Waals surface area contributed by atoms with Gasteiger partial charge in [0.15, 0.2) is 17.5 Å². The maximum atomic E-state index is 14.9. The highest BCUT2D eigenvalue weighted by Crippen LogP contribution is 2.34. The second-order valence-electron chi connectivity index (χ2n) is 6.73. The van der Waals surface area contributed by atoms with Gasteiger partial charge >= 0.3 is 12.1 Å². The van der Waals surface area contributed by atoms with Gasteiger partial charge in [-0.2, -0.15) is 17.6 Å². The van der Waals surface area contributed by atoms with Crippen molar-refractivity contribution < 1.29 is 31.9 Å². The van der Waals surface area contributed by atoms with Crippen LogP contribution >= 0.6 is 11.8 Å². The summed E-state index contributed by atoms with van der Waals surface area (Å²) in [4.78, 5) is 25.7. The average molecular weight is 461 g/mol. The molecule has 0 spiro atoms. The Balaban J connectivity index is 2.09. The summed E-state index contributed by atoms with van der Waals surface area (Å²) in [6.07, 6.45) is -2.23. The van der Waals surface area contributed by atoms with E-state index in [1.165, 1.54) is 20.0 Å². The first-order chi connectivity index (χ1) is 14.5. The Bertz CT molecular complexity index is 1120. The number of carboxylic acid groups (broad SMARTS) is 1. The van der Waals surface area contributed by atoms with Gasteiger partial charge < -0.3 is 15.4 Å². The van der Waals surface area contributed by atoms with E-state index < -0.39 is 52.3 Å². The van der Waals surface area contributed by atoms with Crippen molar-refractivity contribution in [2.75, 3.05) is 11.1 Å². The van der Waals surface area contributed by atoms with E-state index in [-0.39, 0.29) is 34.2 Å². The molecule has 166 valence electrons. The summed E-state index contributed by atoms with van der Waals surface area (Å²) in [5.74, 6) is -5.95. The fourth-order valence-corrected chi connectivity index (χ4v) is 3.28. The minimum atomic E-state index is -4.57. The monoisotopic (exact) mass is 461 g/mol. The van der Waals surface area contributed by atoms with Crippen molar-refractivity contribution in [3.63, 3.8) is 0 Å². The number of halogens is 5. The number of alkyl halides is 3. The normalized spacial score (nSPS) is 13.9. The van der Waals surface area contributed by atoms with Gasteiger partial charge in [-0.1, -0.05) is 11.8 Å². The van der Waals surface area contributed by atoms with Gasteiger partial charge in [-0.25, -0.2) is 19.3 Å².